The molecule has 0 fully saturated rings. The molecule has 4 heterocycles. The monoisotopic (exact) mass is 507 g/mol. The highest BCUT2D eigenvalue weighted by molar-refractivity contribution is 5.93. The zero-order valence-corrected chi connectivity index (χ0v) is 20.7. The molecular weight excluding hydrogens is 481 g/mol. The Morgan fingerprint density at radius 3 is 2.84 bits per heavy atom. The first-order chi connectivity index (χ1) is 17.7. The average molecular weight is 508 g/mol. The van der Waals surface area contributed by atoms with Gasteiger partial charge in [-0.15, -0.1) is 0 Å². The van der Waals surface area contributed by atoms with E-state index in [1.54, 1.807) is 13.0 Å². The summed E-state index contributed by atoms with van der Waals surface area (Å²) in [5.41, 5.74) is 4.36. The van der Waals surface area contributed by atoms with Gasteiger partial charge in [-0.25, -0.2) is 14.2 Å². The van der Waals surface area contributed by atoms with Crippen LogP contribution in [0.3, 0.4) is 0 Å². The lowest BCUT2D eigenvalue weighted by atomic mass is 9.81. The summed E-state index contributed by atoms with van der Waals surface area (Å²) in [6.45, 7) is 5.34. The van der Waals surface area contributed by atoms with Gasteiger partial charge in [-0.2, -0.15) is 0 Å². The van der Waals surface area contributed by atoms with E-state index in [0.717, 1.165) is 22.1 Å². The number of fused-ring (bicyclic) bond motifs is 5. The molecule has 192 valence electrons. The van der Waals surface area contributed by atoms with E-state index in [1.807, 2.05) is 13.8 Å². The van der Waals surface area contributed by atoms with Crippen molar-refractivity contribution in [1.82, 2.24) is 14.9 Å². The van der Waals surface area contributed by atoms with Gasteiger partial charge in [0.1, 0.15) is 19.0 Å². The van der Waals surface area contributed by atoms with E-state index in [1.165, 1.54) is 10.6 Å². The number of hydrogen-bond acceptors (Lipinski definition) is 7. The van der Waals surface area contributed by atoms with Crippen molar-refractivity contribution in [2.75, 3.05) is 6.61 Å². The van der Waals surface area contributed by atoms with Crippen molar-refractivity contribution in [1.29, 1.82) is 0 Å². The maximum atomic E-state index is 14.9. The van der Waals surface area contributed by atoms with E-state index in [9.17, 15) is 23.9 Å². The molecule has 1 aliphatic carbocycles. The molecule has 3 aromatic rings. The van der Waals surface area contributed by atoms with Gasteiger partial charge < -0.3 is 24.5 Å². The van der Waals surface area contributed by atoms with Crippen molar-refractivity contribution in [3.63, 3.8) is 0 Å². The quantitative estimate of drug-likeness (QED) is 0.407. The van der Waals surface area contributed by atoms with Crippen LogP contribution in [0, 0.1) is 12.7 Å². The van der Waals surface area contributed by atoms with Gasteiger partial charge in [-0.1, -0.05) is 0 Å². The molecule has 2 aliphatic heterocycles. The van der Waals surface area contributed by atoms with Gasteiger partial charge in [-0.3, -0.25) is 9.59 Å². The van der Waals surface area contributed by atoms with Crippen LogP contribution in [-0.2, 0) is 38.6 Å². The fourth-order valence-electron chi connectivity index (χ4n) is 5.72. The van der Waals surface area contributed by atoms with E-state index in [2.05, 4.69) is 5.32 Å². The molecule has 2 aromatic heterocycles. The maximum absolute atomic E-state index is 14.9. The smallest absolute Gasteiger partial charge is 0.340 e. The Morgan fingerprint density at radius 2 is 2.08 bits per heavy atom. The summed E-state index contributed by atoms with van der Waals surface area (Å²) >= 11 is 0. The van der Waals surface area contributed by atoms with E-state index in [-0.39, 0.29) is 60.3 Å². The number of carbonyl (C=O) groups excluding carboxylic acids is 2. The first-order valence-electron chi connectivity index (χ1n) is 12.3. The third kappa shape index (κ3) is 3.58. The summed E-state index contributed by atoms with van der Waals surface area (Å²) in [7, 11) is 0. The van der Waals surface area contributed by atoms with Gasteiger partial charge in [0.05, 0.1) is 41.2 Å². The standard InChI is InChI=1S/C27H26FN3O6/c1-11(2)36-10-21(32)29-18-5-4-13-12(3)17(28)7-19-22(13)23(18)15-8-31-20(24(15)30-19)6-14-16(26(31)34)9-37-27(35)25(14)33/h6-7,11,18,25,33H,4-5,8-10H2,1-3H3,(H,29,32)/t18-,25-/m0/s1. The zero-order valence-electron chi connectivity index (χ0n) is 20.7. The van der Waals surface area contributed by atoms with E-state index in [4.69, 9.17) is 14.5 Å². The zero-order chi connectivity index (χ0) is 26.2. The average Bonchev–Trinajstić information content (AvgIpc) is 3.23. The topological polar surface area (TPSA) is 120 Å². The molecule has 3 aliphatic rings. The van der Waals surface area contributed by atoms with E-state index >= 15 is 0 Å². The van der Waals surface area contributed by atoms with E-state index < -0.39 is 12.1 Å². The molecule has 2 atom stereocenters. The van der Waals surface area contributed by atoms with Crippen LogP contribution in [0.5, 0.6) is 0 Å². The Kier molecular flexibility index (Phi) is 5.43. The van der Waals surface area contributed by atoms with Crippen molar-refractivity contribution >= 4 is 22.8 Å². The van der Waals surface area contributed by atoms with E-state index in [0.29, 0.717) is 35.3 Å². The minimum atomic E-state index is -1.56. The van der Waals surface area contributed by atoms with Gasteiger partial charge in [0.15, 0.2) is 6.10 Å². The largest absolute Gasteiger partial charge is 0.458 e. The number of esters is 1. The van der Waals surface area contributed by atoms with Gasteiger partial charge in [0.25, 0.3) is 5.56 Å². The predicted octanol–water partition coefficient (Wildman–Crippen LogP) is 2.49. The normalized spacial score (nSPS) is 19.5. The number of nitrogens with one attached hydrogen (secondary N) is 1. The number of pyridine rings is 2. The van der Waals surface area contributed by atoms with Gasteiger partial charge >= 0.3 is 5.97 Å². The Bertz CT molecular complexity index is 1580. The maximum Gasteiger partial charge on any atom is 0.340 e. The molecule has 6 rings (SSSR count). The number of nitrogens with zero attached hydrogens (tertiary/aromatic N) is 2. The highest BCUT2D eigenvalue weighted by atomic mass is 19.1. The predicted molar refractivity (Wildman–Crippen MR) is 130 cm³/mol. The van der Waals surface area contributed by atoms with Crippen molar-refractivity contribution < 1.29 is 28.6 Å². The van der Waals surface area contributed by atoms with Crippen molar-refractivity contribution in [2.45, 2.75) is 65.0 Å². The number of halogens is 1. The fourth-order valence-corrected chi connectivity index (χ4v) is 5.72. The van der Waals surface area contributed by atoms with Crippen molar-refractivity contribution in [3.8, 4) is 11.4 Å². The molecule has 0 bridgehead atoms. The van der Waals surface area contributed by atoms with Crippen LogP contribution < -0.4 is 10.9 Å². The van der Waals surface area contributed by atoms with Crippen LogP contribution in [-0.4, -0.2) is 39.2 Å². The van der Waals surface area contributed by atoms with Crippen molar-refractivity contribution in [3.05, 3.63) is 61.7 Å². The minimum Gasteiger partial charge on any atom is -0.458 e. The molecule has 1 aromatic carbocycles. The lowest BCUT2D eigenvalue weighted by molar-refractivity contribution is -0.157. The summed E-state index contributed by atoms with van der Waals surface area (Å²) in [6.07, 6.45) is -0.543. The van der Waals surface area contributed by atoms with Crippen LogP contribution in [0.25, 0.3) is 22.3 Å². The fraction of sp³-hybridized carbons (Fsp3) is 0.407. The molecule has 37 heavy (non-hydrogen) atoms. The number of aliphatic hydroxyl groups is 1. The highest BCUT2D eigenvalue weighted by Crippen LogP contribution is 2.45. The molecule has 0 saturated carbocycles. The number of rotatable bonds is 4. The van der Waals surface area contributed by atoms with Crippen LogP contribution in [0.2, 0.25) is 0 Å². The molecule has 0 radical (unpaired) electrons. The second kappa shape index (κ2) is 8.46. The number of aromatic nitrogens is 2. The second-order valence-electron chi connectivity index (χ2n) is 10.1. The third-order valence-corrected chi connectivity index (χ3v) is 7.53. The molecule has 2 N–H and O–H groups in total. The molecule has 0 saturated heterocycles. The minimum absolute atomic E-state index is 0.0851. The van der Waals surface area contributed by atoms with Crippen LogP contribution in [0.1, 0.15) is 65.8 Å². The summed E-state index contributed by atoms with van der Waals surface area (Å²) in [6, 6.07) is 2.60. The van der Waals surface area contributed by atoms with Gasteiger partial charge in [0, 0.05) is 22.6 Å². The molecule has 9 nitrogen and oxygen atoms in total. The number of amides is 1. The SMILES string of the molecule is Cc1c(F)cc2nc3c(c4c2c1CC[C@@H]4NC(=O)COC(C)C)Cn1c-3cc2c(c1=O)COC(=O)[C@H]2O. The summed E-state index contributed by atoms with van der Waals surface area (Å²) in [5.74, 6) is -1.44. The first-order valence-corrected chi connectivity index (χ1v) is 12.3. The van der Waals surface area contributed by atoms with Crippen LogP contribution >= 0.6 is 0 Å². The number of carbonyl (C=O) groups is 2. The van der Waals surface area contributed by atoms with Gasteiger partial charge in [0.2, 0.25) is 5.91 Å². The summed E-state index contributed by atoms with van der Waals surface area (Å²) in [4.78, 5) is 42.9. The van der Waals surface area contributed by atoms with Crippen LogP contribution in [0.4, 0.5) is 4.39 Å². The summed E-state index contributed by atoms with van der Waals surface area (Å²) in [5, 5.41) is 14.3. The molecule has 0 spiro atoms. The summed E-state index contributed by atoms with van der Waals surface area (Å²) < 4.78 is 26.9. The highest BCUT2D eigenvalue weighted by Gasteiger charge is 2.37. The Hall–Kier alpha value is -3.63. The number of aryl methyl sites for hydroxylation is 1. The number of ether oxygens (including phenoxy) is 2. The third-order valence-electron chi connectivity index (χ3n) is 7.53. The van der Waals surface area contributed by atoms with Crippen LogP contribution in [0.15, 0.2) is 16.9 Å². The molecule has 0 unspecified atom stereocenters. The lowest BCUT2D eigenvalue weighted by Gasteiger charge is -2.30. The Morgan fingerprint density at radius 1 is 1.30 bits per heavy atom. The Labute approximate surface area is 211 Å². The Balaban J connectivity index is 1.56. The number of hydrogen-bond donors (Lipinski definition) is 2. The number of aliphatic hydroxyl groups excluding tert-OH is 1. The number of cyclic esters (lactones) is 1. The van der Waals surface area contributed by atoms with Gasteiger partial charge in [-0.05, 0) is 56.4 Å². The molecule has 10 heteroatoms. The second-order valence-corrected chi connectivity index (χ2v) is 10.1. The molecular formula is C27H26FN3O6. The lowest BCUT2D eigenvalue weighted by Crippen LogP contribution is -2.35. The number of benzene rings is 1. The first kappa shape index (κ1) is 23.7. The molecule has 1 amide bonds. The van der Waals surface area contributed by atoms with Crippen molar-refractivity contribution in [2.24, 2.45) is 0 Å².